The van der Waals surface area contributed by atoms with E-state index in [4.69, 9.17) is 16.3 Å². The van der Waals surface area contributed by atoms with Crippen molar-refractivity contribution in [3.8, 4) is 11.4 Å². The molecule has 0 spiro atoms. The topological polar surface area (TPSA) is 39.9 Å². The summed E-state index contributed by atoms with van der Waals surface area (Å²) in [6.07, 6.45) is 0. The number of ether oxygens (including phenoxy) is 1. The molecule has 4 nitrogen and oxygen atoms in total. The number of hydrogen-bond donors (Lipinski definition) is 0. The summed E-state index contributed by atoms with van der Waals surface area (Å²) in [4.78, 5) is 0. The average molecular weight is 349 g/mol. The van der Waals surface area contributed by atoms with E-state index >= 15 is 0 Å². The minimum Gasteiger partial charge on any atom is -0.383 e. The van der Waals surface area contributed by atoms with Crippen molar-refractivity contribution >= 4 is 27.5 Å². The highest BCUT2D eigenvalue weighted by molar-refractivity contribution is 9.08. The molecular formula is C12H12BrClFN3O. The van der Waals surface area contributed by atoms with Crippen LogP contribution in [0.15, 0.2) is 18.2 Å². The summed E-state index contributed by atoms with van der Waals surface area (Å²) >= 11 is 9.13. The zero-order valence-corrected chi connectivity index (χ0v) is 12.6. The molecule has 2 aromatic rings. The Bertz CT molecular complexity index is 576. The molecule has 0 saturated carbocycles. The van der Waals surface area contributed by atoms with E-state index in [1.54, 1.807) is 19.2 Å². The van der Waals surface area contributed by atoms with Crippen LogP contribution in [0.2, 0.25) is 5.02 Å². The lowest BCUT2D eigenvalue weighted by molar-refractivity contribution is 0.187. The second kappa shape index (κ2) is 6.45. The van der Waals surface area contributed by atoms with Crippen LogP contribution >= 0.6 is 27.5 Å². The number of alkyl halides is 1. The van der Waals surface area contributed by atoms with Gasteiger partial charge in [-0.25, -0.2) is 4.39 Å². The van der Waals surface area contributed by atoms with Gasteiger partial charge in [-0.15, -0.1) is 10.2 Å². The minimum absolute atomic E-state index is 0.0687. The summed E-state index contributed by atoms with van der Waals surface area (Å²) in [5, 5.41) is 8.68. The largest absolute Gasteiger partial charge is 0.383 e. The molecule has 7 heteroatoms. The zero-order chi connectivity index (χ0) is 13.8. The summed E-state index contributed by atoms with van der Waals surface area (Å²) < 4.78 is 20.9. The molecule has 1 aromatic heterocycles. The van der Waals surface area contributed by atoms with Crippen LogP contribution in [0.4, 0.5) is 4.39 Å². The van der Waals surface area contributed by atoms with Crippen molar-refractivity contribution in [2.75, 3.05) is 13.7 Å². The van der Waals surface area contributed by atoms with Gasteiger partial charge in [-0.2, -0.15) is 0 Å². The molecule has 1 heterocycles. The normalized spacial score (nSPS) is 10.9. The molecule has 0 N–H and O–H groups in total. The average Bonchev–Trinajstić information content (AvgIpc) is 2.82. The number of halogens is 3. The van der Waals surface area contributed by atoms with Crippen molar-refractivity contribution in [3.63, 3.8) is 0 Å². The molecular weight excluding hydrogens is 337 g/mol. The highest BCUT2D eigenvalue weighted by atomic mass is 79.9. The fraction of sp³-hybridized carbons (Fsp3) is 0.333. The Morgan fingerprint density at radius 2 is 2.21 bits per heavy atom. The van der Waals surface area contributed by atoms with Gasteiger partial charge in [0, 0.05) is 13.7 Å². The van der Waals surface area contributed by atoms with E-state index in [9.17, 15) is 4.39 Å². The third-order valence-corrected chi connectivity index (χ3v) is 3.45. The zero-order valence-electron chi connectivity index (χ0n) is 10.2. The molecule has 0 atom stereocenters. The van der Waals surface area contributed by atoms with Gasteiger partial charge >= 0.3 is 0 Å². The maximum atomic E-state index is 14.0. The lowest BCUT2D eigenvalue weighted by Crippen LogP contribution is -2.09. The van der Waals surface area contributed by atoms with Crippen LogP contribution in [0, 0.1) is 5.82 Å². The van der Waals surface area contributed by atoms with Crippen LogP contribution in [-0.2, 0) is 16.6 Å². The standard InChI is InChI=1S/C12H12BrClFN3O/c1-19-6-5-18-10(7-13)16-17-12(18)8-3-2-4-9(14)11(8)15/h2-4H,5-7H2,1H3. The molecule has 0 amide bonds. The summed E-state index contributed by atoms with van der Waals surface area (Å²) in [7, 11) is 1.61. The Labute approximate surface area is 123 Å². The number of benzene rings is 1. The lowest BCUT2D eigenvalue weighted by atomic mass is 10.2. The van der Waals surface area contributed by atoms with Gasteiger partial charge in [0.05, 0.1) is 22.5 Å². The van der Waals surface area contributed by atoms with E-state index in [0.717, 1.165) is 0 Å². The van der Waals surface area contributed by atoms with Gasteiger partial charge in [0.25, 0.3) is 0 Å². The van der Waals surface area contributed by atoms with Crippen LogP contribution in [-0.4, -0.2) is 28.5 Å². The number of methoxy groups -OCH3 is 1. The molecule has 0 aliphatic rings. The monoisotopic (exact) mass is 347 g/mol. The predicted molar refractivity (Wildman–Crippen MR) is 74.9 cm³/mol. The molecule has 0 aliphatic heterocycles. The van der Waals surface area contributed by atoms with Crippen molar-refractivity contribution in [3.05, 3.63) is 34.9 Å². The van der Waals surface area contributed by atoms with E-state index in [-0.39, 0.29) is 5.02 Å². The lowest BCUT2D eigenvalue weighted by Gasteiger charge is -2.09. The highest BCUT2D eigenvalue weighted by Crippen LogP contribution is 2.27. The number of aromatic nitrogens is 3. The van der Waals surface area contributed by atoms with Crippen molar-refractivity contribution in [1.29, 1.82) is 0 Å². The molecule has 0 unspecified atom stereocenters. The maximum Gasteiger partial charge on any atom is 0.167 e. The van der Waals surface area contributed by atoms with E-state index in [2.05, 4.69) is 26.1 Å². The SMILES string of the molecule is COCCn1c(CBr)nnc1-c1cccc(Cl)c1F. The summed E-state index contributed by atoms with van der Waals surface area (Å²) in [6.45, 7) is 1.04. The smallest absolute Gasteiger partial charge is 0.167 e. The molecule has 0 radical (unpaired) electrons. The van der Waals surface area contributed by atoms with Gasteiger partial charge < -0.3 is 9.30 Å². The van der Waals surface area contributed by atoms with Crippen molar-refractivity contribution in [1.82, 2.24) is 14.8 Å². The van der Waals surface area contributed by atoms with Gasteiger partial charge in [-0.05, 0) is 12.1 Å². The van der Waals surface area contributed by atoms with Gasteiger partial charge in [-0.1, -0.05) is 33.6 Å². The van der Waals surface area contributed by atoms with E-state index < -0.39 is 5.82 Å². The fourth-order valence-electron chi connectivity index (χ4n) is 1.73. The van der Waals surface area contributed by atoms with Gasteiger partial charge in [0.15, 0.2) is 11.6 Å². The number of rotatable bonds is 5. The Morgan fingerprint density at radius 3 is 2.89 bits per heavy atom. The quantitative estimate of drug-likeness (QED) is 0.779. The van der Waals surface area contributed by atoms with Crippen molar-refractivity contribution in [2.24, 2.45) is 0 Å². The second-order valence-electron chi connectivity index (χ2n) is 3.82. The fourth-order valence-corrected chi connectivity index (χ4v) is 2.32. The molecule has 0 fully saturated rings. The third kappa shape index (κ3) is 2.96. The summed E-state index contributed by atoms with van der Waals surface area (Å²) in [5.74, 6) is 0.675. The Morgan fingerprint density at radius 1 is 1.42 bits per heavy atom. The molecule has 19 heavy (non-hydrogen) atoms. The first kappa shape index (κ1) is 14.4. The Kier molecular flexibility index (Phi) is 4.90. The second-order valence-corrected chi connectivity index (χ2v) is 4.79. The van der Waals surface area contributed by atoms with Crippen LogP contribution in [0.25, 0.3) is 11.4 Å². The van der Waals surface area contributed by atoms with Gasteiger partial charge in [0.1, 0.15) is 5.82 Å². The van der Waals surface area contributed by atoms with Crippen molar-refractivity contribution in [2.45, 2.75) is 11.9 Å². The van der Waals surface area contributed by atoms with Gasteiger partial charge in [-0.3, -0.25) is 0 Å². The molecule has 1 aromatic carbocycles. The van der Waals surface area contributed by atoms with E-state index in [0.29, 0.717) is 35.7 Å². The van der Waals surface area contributed by atoms with Crippen LogP contribution in [0.5, 0.6) is 0 Å². The molecule has 0 bridgehead atoms. The Hall–Kier alpha value is -0.980. The highest BCUT2D eigenvalue weighted by Gasteiger charge is 2.17. The molecule has 0 saturated heterocycles. The first-order valence-corrected chi connectivity index (χ1v) is 7.10. The van der Waals surface area contributed by atoms with Crippen molar-refractivity contribution < 1.29 is 9.13 Å². The van der Waals surface area contributed by atoms with E-state index in [1.165, 1.54) is 6.07 Å². The number of hydrogen-bond acceptors (Lipinski definition) is 3. The van der Waals surface area contributed by atoms with E-state index in [1.807, 2.05) is 4.57 Å². The number of nitrogens with zero attached hydrogens (tertiary/aromatic N) is 3. The summed E-state index contributed by atoms with van der Waals surface area (Å²) in [5.41, 5.74) is 0.336. The maximum absolute atomic E-state index is 14.0. The van der Waals surface area contributed by atoms with Crippen LogP contribution in [0.3, 0.4) is 0 Å². The third-order valence-electron chi connectivity index (χ3n) is 2.66. The molecule has 102 valence electrons. The first-order chi connectivity index (χ1) is 9.19. The van der Waals surface area contributed by atoms with Crippen LogP contribution in [0.1, 0.15) is 5.82 Å². The predicted octanol–water partition coefficient (Wildman–Crippen LogP) is 3.28. The first-order valence-electron chi connectivity index (χ1n) is 5.60. The molecule has 2 rings (SSSR count). The van der Waals surface area contributed by atoms with Gasteiger partial charge in [0.2, 0.25) is 0 Å². The Balaban J connectivity index is 2.49. The summed E-state index contributed by atoms with van der Waals surface area (Å²) in [6, 6.07) is 4.82. The minimum atomic E-state index is -0.489. The molecule has 0 aliphatic carbocycles. The van der Waals surface area contributed by atoms with Crippen LogP contribution < -0.4 is 0 Å².